The van der Waals surface area contributed by atoms with E-state index in [2.05, 4.69) is 10.6 Å². The molecule has 1 aliphatic rings. The summed E-state index contributed by atoms with van der Waals surface area (Å²) in [5, 5.41) is 5.57. The summed E-state index contributed by atoms with van der Waals surface area (Å²) in [6.45, 7) is 5.45. The number of ether oxygens (including phenoxy) is 2. The smallest absolute Gasteiger partial charge is 0.409 e. The number of amides is 3. The molecule has 0 unspecified atom stereocenters. The maximum absolute atomic E-state index is 11.9. The fourth-order valence-electron chi connectivity index (χ4n) is 2.48. The van der Waals surface area contributed by atoms with Gasteiger partial charge in [0.2, 0.25) is 0 Å². The molecule has 2 N–H and O–H groups in total. The number of carbonyl (C=O) groups excluding carboxylic acids is 2. The monoisotopic (exact) mass is 335 g/mol. The minimum atomic E-state index is -0.285. The van der Waals surface area contributed by atoms with Crippen molar-refractivity contribution in [2.45, 2.75) is 32.7 Å². The second-order valence-electron chi connectivity index (χ2n) is 5.71. The number of likely N-dealkylation sites (tertiary alicyclic amines) is 1. The highest BCUT2D eigenvalue weighted by Crippen LogP contribution is 2.12. The number of aryl methyl sites for hydroxylation is 1. The Morgan fingerprint density at radius 1 is 1.21 bits per heavy atom. The predicted octanol–water partition coefficient (Wildman–Crippen LogP) is 2.25. The molecule has 0 saturated carbocycles. The number of rotatable bonds is 5. The SMILES string of the molecule is CCOC(=O)N1CCC(NC(=O)NCOc2ccc(C)cc2)CC1. The van der Waals surface area contributed by atoms with Crippen LogP contribution in [0.1, 0.15) is 25.3 Å². The molecule has 2 rings (SSSR count). The van der Waals surface area contributed by atoms with Crippen molar-refractivity contribution in [2.24, 2.45) is 0 Å². The Morgan fingerprint density at radius 2 is 1.88 bits per heavy atom. The topological polar surface area (TPSA) is 79.9 Å². The molecular weight excluding hydrogens is 310 g/mol. The van der Waals surface area contributed by atoms with Crippen molar-refractivity contribution >= 4 is 12.1 Å². The summed E-state index contributed by atoms with van der Waals surface area (Å²) in [4.78, 5) is 25.1. The zero-order valence-corrected chi connectivity index (χ0v) is 14.2. The van der Waals surface area contributed by atoms with Gasteiger partial charge in [-0.15, -0.1) is 0 Å². The van der Waals surface area contributed by atoms with Crippen LogP contribution in [0.25, 0.3) is 0 Å². The summed E-state index contributed by atoms with van der Waals surface area (Å²) in [7, 11) is 0. The third-order valence-electron chi connectivity index (χ3n) is 3.85. The van der Waals surface area contributed by atoms with Crippen molar-refractivity contribution in [1.29, 1.82) is 0 Å². The fourth-order valence-corrected chi connectivity index (χ4v) is 2.48. The Balaban J connectivity index is 1.63. The van der Waals surface area contributed by atoms with Gasteiger partial charge in [-0.1, -0.05) is 17.7 Å². The maximum atomic E-state index is 11.9. The van der Waals surface area contributed by atoms with Crippen LogP contribution in [-0.2, 0) is 4.74 Å². The third-order valence-corrected chi connectivity index (χ3v) is 3.85. The molecular formula is C17H25N3O4. The van der Waals surface area contributed by atoms with E-state index in [0.29, 0.717) is 38.3 Å². The Hall–Kier alpha value is -2.44. The molecule has 1 saturated heterocycles. The number of carbonyl (C=O) groups is 2. The lowest BCUT2D eigenvalue weighted by Crippen LogP contribution is -2.49. The Kier molecular flexibility index (Phi) is 6.72. The molecule has 0 aromatic heterocycles. The van der Waals surface area contributed by atoms with Gasteiger partial charge in [-0.2, -0.15) is 0 Å². The van der Waals surface area contributed by atoms with E-state index in [-0.39, 0.29) is 24.9 Å². The van der Waals surface area contributed by atoms with E-state index >= 15 is 0 Å². The summed E-state index contributed by atoms with van der Waals surface area (Å²) in [6.07, 6.45) is 1.14. The van der Waals surface area contributed by atoms with Crippen LogP contribution in [0.3, 0.4) is 0 Å². The number of nitrogens with one attached hydrogen (secondary N) is 2. The minimum absolute atomic E-state index is 0.0510. The summed E-state index contributed by atoms with van der Waals surface area (Å²) in [6, 6.07) is 7.41. The van der Waals surface area contributed by atoms with Gasteiger partial charge in [0.15, 0.2) is 6.73 Å². The number of hydrogen-bond donors (Lipinski definition) is 2. The molecule has 0 radical (unpaired) electrons. The molecule has 132 valence electrons. The van der Waals surface area contributed by atoms with Crippen LogP contribution in [0, 0.1) is 6.92 Å². The first-order valence-corrected chi connectivity index (χ1v) is 8.24. The molecule has 0 spiro atoms. The summed E-state index contributed by atoms with van der Waals surface area (Å²) in [5.41, 5.74) is 1.15. The van der Waals surface area contributed by atoms with Crippen LogP contribution in [0.15, 0.2) is 24.3 Å². The normalized spacial score (nSPS) is 14.8. The van der Waals surface area contributed by atoms with Crippen LogP contribution in [0.2, 0.25) is 0 Å². The first-order valence-electron chi connectivity index (χ1n) is 8.24. The molecule has 1 fully saturated rings. The van der Waals surface area contributed by atoms with Gasteiger partial charge in [0, 0.05) is 19.1 Å². The fraction of sp³-hybridized carbons (Fsp3) is 0.529. The highest BCUT2D eigenvalue weighted by molar-refractivity contribution is 5.74. The second kappa shape index (κ2) is 9.00. The van der Waals surface area contributed by atoms with E-state index in [1.165, 1.54) is 0 Å². The zero-order valence-electron chi connectivity index (χ0n) is 14.2. The van der Waals surface area contributed by atoms with E-state index in [1.807, 2.05) is 31.2 Å². The second-order valence-corrected chi connectivity index (χ2v) is 5.71. The Morgan fingerprint density at radius 3 is 2.50 bits per heavy atom. The third kappa shape index (κ3) is 5.64. The quantitative estimate of drug-likeness (QED) is 0.809. The summed E-state index contributed by atoms with van der Waals surface area (Å²) in [5.74, 6) is 0.712. The van der Waals surface area contributed by atoms with Gasteiger partial charge in [-0.3, -0.25) is 0 Å². The van der Waals surface area contributed by atoms with Crippen molar-refractivity contribution < 1.29 is 19.1 Å². The average molecular weight is 335 g/mol. The van der Waals surface area contributed by atoms with E-state index in [0.717, 1.165) is 5.56 Å². The van der Waals surface area contributed by atoms with Crippen LogP contribution in [0.4, 0.5) is 9.59 Å². The Labute approximate surface area is 142 Å². The molecule has 0 atom stereocenters. The zero-order chi connectivity index (χ0) is 17.4. The standard InChI is InChI=1S/C17H25N3O4/c1-3-23-17(22)20-10-8-14(9-11-20)19-16(21)18-12-24-15-6-4-13(2)5-7-15/h4-7,14H,3,8-12H2,1-2H3,(H2,18,19,21). The molecule has 3 amide bonds. The lowest BCUT2D eigenvalue weighted by molar-refractivity contribution is 0.0956. The van der Waals surface area contributed by atoms with Crippen LogP contribution in [0.5, 0.6) is 5.75 Å². The molecule has 0 bridgehead atoms. The molecule has 1 aromatic rings. The van der Waals surface area contributed by atoms with Crippen molar-refractivity contribution in [3.63, 3.8) is 0 Å². The van der Waals surface area contributed by atoms with Crippen molar-refractivity contribution in [3.05, 3.63) is 29.8 Å². The van der Waals surface area contributed by atoms with Gasteiger partial charge in [0.1, 0.15) is 5.75 Å². The molecule has 7 heteroatoms. The molecule has 7 nitrogen and oxygen atoms in total. The number of urea groups is 1. The van der Waals surface area contributed by atoms with Crippen LogP contribution >= 0.6 is 0 Å². The number of benzene rings is 1. The van der Waals surface area contributed by atoms with Crippen molar-refractivity contribution in [1.82, 2.24) is 15.5 Å². The Bertz CT molecular complexity index is 539. The first-order chi connectivity index (χ1) is 11.6. The van der Waals surface area contributed by atoms with Gasteiger partial charge in [-0.25, -0.2) is 9.59 Å². The van der Waals surface area contributed by atoms with Crippen molar-refractivity contribution in [3.8, 4) is 5.75 Å². The van der Waals surface area contributed by atoms with E-state index in [9.17, 15) is 9.59 Å². The molecule has 1 aromatic carbocycles. The highest BCUT2D eigenvalue weighted by Gasteiger charge is 2.24. The van der Waals surface area contributed by atoms with Crippen molar-refractivity contribution in [2.75, 3.05) is 26.4 Å². The predicted molar refractivity (Wildman–Crippen MR) is 90.0 cm³/mol. The number of hydrogen-bond acceptors (Lipinski definition) is 4. The average Bonchev–Trinajstić information content (AvgIpc) is 2.57. The van der Waals surface area contributed by atoms with Crippen LogP contribution in [-0.4, -0.2) is 49.5 Å². The minimum Gasteiger partial charge on any atom is -0.473 e. The van der Waals surface area contributed by atoms with E-state index in [4.69, 9.17) is 9.47 Å². The van der Waals surface area contributed by atoms with Crippen LogP contribution < -0.4 is 15.4 Å². The summed E-state index contributed by atoms with van der Waals surface area (Å²) >= 11 is 0. The van der Waals surface area contributed by atoms with Gasteiger partial charge in [0.05, 0.1) is 6.61 Å². The maximum Gasteiger partial charge on any atom is 0.409 e. The highest BCUT2D eigenvalue weighted by atomic mass is 16.6. The first kappa shape index (κ1) is 17.9. The lowest BCUT2D eigenvalue weighted by Gasteiger charge is -2.31. The largest absolute Gasteiger partial charge is 0.473 e. The molecule has 0 aliphatic carbocycles. The van der Waals surface area contributed by atoms with Gasteiger partial charge < -0.3 is 25.0 Å². The lowest BCUT2D eigenvalue weighted by atomic mass is 10.1. The van der Waals surface area contributed by atoms with Gasteiger partial charge in [-0.05, 0) is 38.8 Å². The molecule has 24 heavy (non-hydrogen) atoms. The van der Waals surface area contributed by atoms with Gasteiger partial charge >= 0.3 is 12.1 Å². The molecule has 1 heterocycles. The summed E-state index contributed by atoms with van der Waals surface area (Å²) < 4.78 is 10.4. The number of piperidine rings is 1. The molecule has 1 aliphatic heterocycles. The van der Waals surface area contributed by atoms with E-state index in [1.54, 1.807) is 11.8 Å². The number of nitrogens with zero attached hydrogens (tertiary/aromatic N) is 1. The van der Waals surface area contributed by atoms with E-state index < -0.39 is 0 Å². The van der Waals surface area contributed by atoms with Gasteiger partial charge in [0.25, 0.3) is 0 Å².